The van der Waals surface area contributed by atoms with E-state index >= 15 is 0 Å². The van der Waals surface area contributed by atoms with E-state index in [1.165, 1.54) is 23.6 Å². The molecule has 0 saturated carbocycles. The van der Waals surface area contributed by atoms with E-state index in [1.807, 2.05) is 13.0 Å². The van der Waals surface area contributed by atoms with Gasteiger partial charge in [-0.25, -0.2) is 0 Å². The van der Waals surface area contributed by atoms with Crippen molar-refractivity contribution in [2.75, 3.05) is 6.54 Å². The van der Waals surface area contributed by atoms with Gasteiger partial charge in [-0.05, 0) is 49.1 Å². The maximum atomic E-state index is 13.0. The Hall–Kier alpha value is -2.93. The molecule has 7 nitrogen and oxygen atoms in total. The van der Waals surface area contributed by atoms with Crippen molar-refractivity contribution in [1.29, 1.82) is 5.26 Å². The van der Waals surface area contributed by atoms with Gasteiger partial charge in [-0.15, -0.1) is 0 Å². The molecule has 1 N–H and O–H groups in total. The van der Waals surface area contributed by atoms with Crippen molar-refractivity contribution < 1.29 is 14.7 Å². The topological polar surface area (TPSA) is 103 Å². The Labute approximate surface area is 218 Å². The first-order valence-corrected chi connectivity index (χ1v) is 12.7. The Morgan fingerprint density at radius 2 is 1.91 bits per heavy atom. The van der Waals surface area contributed by atoms with E-state index in [2.05, 4.69) is 0 Å². The van der Waals surface area contributed by atoms with Gasteiger partial charge in [-0.2, -0.15) is 5.26 Å². The number of nitrogens with zero attached hydrogens (tertiary/aromatic N) is 3. The van der Waals surface area contributed by atoms with Crippen LogP contribution in [0, 0.1) is 18.3 Å². The van der Waals surface area contributed by atoms with Gasteiger partial charge in [0.25, 0.3) is 11.5 Å². The molecule has 1 aromatic heterocycles. The van der Waals surface area contributed by atoms with Gasteiger partial charge in [0.15, 0.2) is 5.78 Å². The fourth-order valence-electron chi connectivity index (χ4n) is 3.73. The number of benzene rings is 1. The summed E-state index contributed by atoms with van der Waals surface area (Å²) >= 11 is 12.5. The number of Topliss-reactive ketones (excluding diaryl/α,β-unsaturated/α-hetero) is 1. The Morgan fingerprint density at radius 3 is 2.54 bits per heavy atom. The Kier molecular flexibility index (Phi) is 8.89. The van der Waals surface area contributed by atoms with Gasteiger partial charge in [0, 0.05) is 24.5 Å². The van der Waals surface area contributed by atoms with Crippen molar-refractivity contribution >= 4 is 57.7 Å². The van der Waals surface area contributed by atoms with Crippen molar-refractivity contribution in [2.45, 2.75) is 46.1 Å². The second-order valence-corrected chi connectivity index (χ2v) is 10.1. The highest BCUT2D eigenvalue weighted by molar-refractivity contribution is 8.26. The number of thiocarbonyl (C=S) groups is 1. The van der Waals surface area contributed by atoms with Gasteiger partial charge in [0.05, 0.1) is 10.5 Å². The van der Waals surface area contributed by atoms with Crippen LogP contribution in [0.4, 0.5) is 0 Å². The average Bonchev–Trinajstić information content (AvgIpc) is 3.08. The zero-order valence-electron chi connectivity index (χ0n) is 19.3. The molecule has 2 heterocycles. The largest absolute Gasteiger partial charge is 0.494 e. The molecular weight excluding hydrogens is 506 g/mol. The fraction of sp³-hybridized carbons (Fsp3) is 0.320. The summed E-state index contributed by atoms with van der Waals surface area (Å²) in [6.45, 7) is 3.87. The first-order valence-electron chi connectivity index (χ1n) is 11.1. The normalized spacial score (nSPS) is 14.6. The van der Waals surface area contributed by atoms with E-state index in [4.69, 9.17) is 23.8 Å². The number of thioether (sulfide) groups is 1. The van der Waals surface area contributed by atoms with Crippen molar-refractivity contribution in [3.05, 3.63) is 66.8 Å². The predicted octanol–water partition coefficient (Wildman–Crippen LogP) is 5.05. The lowest BCUT2D eigenvalue weighted by molar-refractivity contribution is -0.122. The molecule has 2 aromatic rings. The Bertz CT molecular complexity index is 1310. The quantitative estimate of drug-likeness (QED) is 0.275. The summed E-state index contributed by atoms with van der Waals surface area (Å²) in [5, 5.41) is 20.7. The first-order chi connectivity index (χ1) is 16.7. The molecule has 3 rings (SSSR count). The molecule has 0 atom stereocenters. The molecule has 0 unspecified atom stereocenters. The molecule has 0 spiro atoms. The van der Waals surface area contributed by atoms with Crippen LogP contribution in [-0.2, 0) is 11.3 Å². The molecule has 10 heteroatoms. The number of carbonyl (C=O) groups is 2. The number of hydrogen-bond acceptors (Lipinski definition) is 7. The van der Waals surface area contributed by atoms with E-state index < -0.39 is 17.2 Å². The number of aromatic nitrogens is 1. The number of amides is 1. The second-order valence-electron chi connectivity index (χ2n) is 8.03. The molecule has 0 bridgehead atoms. The minimum atomic E-state index is -0.599. The average molecular weight is 530 g/mol. The minimum Gasteiger partial charge on any atom is -0.494 e. The van der Waals surface area contributed by atoms with Crippen LogP contribution in [0.2, 0.25) is 5.02 Å². The number of hydrogen-bond donors (Lipinski definition) is 1. The molecule has 0 radical (unpaired) electrons. The highest BCUT2D eigenvalue weighted by Gasteiger charge is 2.32. The lowest BCUT2D eigenvalue weighted by Gasteiger charge is -2.16. The van der Waals surface area contributed by atoms with Gasteiger partial charge >= 0.3 is 0 Å². The Balaban J connectivity index is 1.73. The summed E-state index contributed by atoms with van der Waals surface area (Å²) in [5.74, 6) is -1.05. The Morgan fingerprint density at radius 1 is 1.23 bits per heavy atom. The highest BCUT2D eigenvalue weighted by Crippen LogP contribution is 2.33. The number of nitriles is 1. The van der Waals surface area contributed by atoms with Gasteiger partial charge < -0.3 is 5.11 Å². The van der Waals surface area contributed by atoms with Crippen LogP contribution in [0.1, 0.15) is 59.7 Å². The summed E-state index contributed by atoms with van der Waals surface area (Å²) in [5.41, 5.74) is 0.223. The zero-order valence-corrected chi connectivity index (χ0v) is 21.7. The lowest BCUT2D eigenvalue weighted by atomic mass is 9.99. The molecule has 1 amide bonds. The lowest BCUT2D eigenvalue weighted by Crippen LogP contribution is -2.29. The third-order valence-corrected chi connectivity index (χ3v) is 7.27. The fourth-order valence-corrected chi connectivity index (χ4v) is 5.17. The van der Waals surface area contributed by atoms with E-state index in [0.717, 1.165) is 16.6 Å². The molecule has 1 aromatic carbocycles. The molecule has 1 saturated heterocycles. The summed E-state index contributed by atoms with van der Waals surface area (Å²) in [4.78, 5) is 40.3. The SMILES string of the molecule is CCCCn1c(O)c(C(=O)CCCN2C(=O)/C(=C/c3ccc(Cl)cc3)SC2=S)c(C)c(C#N)c1=O. The highest BCUT2D eigenvalue weighted by atomic mass is 35.5. The number of carbonyl (C=O) groups excluding carboxylic acids is 2. The first kappa shape index (κ1) is 26.7. The van der Waals surface area contributed by atoms with Crippen molar-refractivity contribution in [2.24, 2.45) is 0 Å². The van der Waals surface area contributed by atoms with Gasteiger partial charge in [0.1, 0.15) is 16.0 Å². The third-order valence-electron chi connectivity index (χ3n) is 5.64. The third kappa shape index (κ3) is 5.84. The molecule has 1 aliphatic rings. The summed E-state index contributed by atoms with van der Waals surface area (Å²) in [6, 6.07) is 8.94. The van der Waals surface area contributed by atoms with Gasteiger partial charge in [-0.1, -0.05) is 61.1 Å². The van der Waals surface area contributed by atoms with E-state index in [9.17, 15) is 24.8 Å². The molecule has 182 valence electrons. The van der Waals surface area contributed by atoms with E-state index in [-0.39, 0.29) is 42.1 Å². The summed E-state index contributed by atoms with van der Waals surface area (Å²) in [6.07, 6.45) is 3.45. The molecular formula is C25H24ClN3O4S2. The summed E-state index contributed by atoms with van der Waals surface area (Å²) < 4.78 is 1.49. The maximum absolute atomic E-state index is 13.0. The molecule has 35 heavy (non-hydrogen) atoms. The number of halogens is 1. The van der Waals surface area contributed by atoms with Crippen LogP contribution in [-0.4, -0.2) is 37.1 Å². The second kappa shape index (κ2) is 11.7. The van der Waals surface area contributed by atoms with Gasteiger partial charge in [0.2, 0.25) is 5.88 Å². The summed E-state index contributed by atoms with van der Waals surface area (Å²) in [7, 11) is 0. The number of aromatic hydroxyl groups is 1. The van der Waals surface area contributed by atoms with E-state index in [1.54, 1.807) is 30.3 Å². The van der Waals surface area contributed by atoms with E-state index in [0.29, 0.717) is 27.1 Å². The van der Waals surface area contributed by atoms with Crippen LogP contribution in [0.3, 0.4) is 0 Å². The van der Waals surface area contributed by atoms with Crippen LogP contribution in [0.5, 0.6) is 5.88 Å². The van der Waals surface area contributed by atoms with Crippen LogP contribution in [0.15, 0.2) is 34.0 Å². The minimum absolute atomic E-state index is 0.0124. The van der Waals surface area contributed by atoms with Crippen LogP contribution >= 0.6 is 35.6 Å². The van der Waals surface area contributed by atoms with Crippen LogP contribution < -0.4 is 5.56 Å². The number of unbranched alkanes of at least 4 members (excludes halogenated alkanes) is 1. The number of ketones is 1. The number of pyridine rings is 1. The van der Waals surface area contributed by atoms with Crippen LogP contribution in [0.25, 0.3) is 6.08 Å². The monoisotopic (exact) mass is 529 g/mol. The predicted molar refractivity (Wildman–Crippen MR) is 142 cm³/mol. The van der Waals surface area contributed by atoms with Crippen molar-refractivity contribution in [3.8, 4) is 11.9 Å². The van der Waals surface area contributed by atoms with Crippen molar-refractivity contribution in [3.63, 3.8) is 0 Å². The maximum Gasteiger partial charge on any atom is 0.271 e. The molecule has 0 aliphatic carbocycles. The standard InChI is InChI=1S/C25H24ClN3O4S2/c1-3-4-11-28-22(31)18(14-27)15(2)21(24(28)33)19(30)6-5-12-29-23(32)20(35-25(29)34)13-16-7-9-17(26)10-8-16/h7-10,13,33H,3-6,11-12H2,1-2H3/b20-13-. The molecule has 1 aliphatic heterocycles. The smallest absolute Gasteiger partial charge is 0.271 e. The number of rotatable bonds is 9. The zero-order chi connectivity index (χ0) is 25.7. The molecule has 1 fully saturated rings. The van der Waals surface area contributed by atoms with Gasteiger partial charge in [-0.3, -0.25) is 23.9 Å². The van der Waals surface area contributed by atoms with Crippen molar-refractivity contribution in [1.82, 2.24) is 9.47 Å².